The highest BCUT2D eigenvalue weighted by Crippen LogP contribution is 2.23. The monoisotopic (exact) mass is 243 g/mol. The van der Waals surface area contributed by atoms with Gasteiger partial charge in [-0.05, 0) is 25.1 Å². The molecule has 1 aromatic rings. The summed E-state index contributed by atoms with van der Waals surface area (Å²) in [4.78, 5) is 0.614. The van der Waals surface area contributed by atoms with Crippen molar-refractivity contribution < 1.29 is 13.7 Å². The first-order chi connectivity index (χ1) is 7.69. The van der Waals surface area contributed by atoms with Crippen LogP contribution in [0.25, 0.3) is 0 Å². The van der Waals surface area contributed by atoms with Crippen molar-refractivity contribution in [1.29, 1.82) is 0 Å². The van der Waals surface area contributed by atoms with Gasteiger partial charge in [0.25, 0.3) is 0 Å². The fraction of sp³-hybridized carbons (Fsp3) is 0.455. The summed E-state index contributed by atoms with van der Waals surface area (Å²) in [5.41, 5.74) is 6.29. The maximum Gasteiger partial charge on any atom is 0.120 e. The fourth-order valence-electron chi connectivity index (χ4n) is 1.24. The number of nitrogens with two attached hydrogens (primary N) is 1. The number of benzene rings is 1. The van der Waals surface area contributed by atoms with Gasteiger partial charge in [-0.15, -0.1) is 0 Å². The molecule has 2 N–H and O–H groups in total. The molecule has 0 spiro atoms. The van der Waals surface area contributed by atoms with Crippen molar-refractivity contribution in [2.75, 3.05) is 31.8 Å². The van der Waals surface area contributed by atoms with Gasteiger partial charge in [-0.3, -0.25) is 4.21 Å². The molecule has 0 amide bonds. The second kappa shape index (κ2) is 6.50. The van der Waals surface area contributed by atoms with E-state index in [9.17, 15) is 4.21 Å². The Morgan fingerprint density at radius 2 is 2.19 bits per heavy atom. The number of methoxy groups -OCH3 is 1. The Balaban J connectivity index is 2.84. The molecule has 0 fully saturated rings. The molecular formula is C11H17NO3S. The van der Waals surface area contributed by atoms with E-state index in [2.05, 4.69) is 0 Å². The van der Waals surface area contributed by atoms with Gasteiger partial charge in [0.15, 0.2) is 0 Å². The number of anilines is 1. The first-order valence-electron chi connectivity index (χ1n) is 5.08. The molecule has 0 bridgehead atoms. The number of hydrogen-bond acceptors (Lipinski definition) is 4. The summed E-state index contributed by atoms with van der Waals surface area (Å²) in [6.45, 7) is 2.93. The molecule has 90 valence electrons. The van der Waals surface area contributed by atoms with Gasteiger partial charge in [0.05, 0.1) is 34.7 Å². The minimum atomic E-state index is -1.14. The lowest BCUT2D eigenvalue weighted by molar-refractivity contribution is 0.218. The van der Waals surface area contributed by atoms with Crippen LogP contribution in [0.3, 0.4) is 0 Å². The van der Waals surface area contributed by atoms with E-state index in [1.54, 1.807) is 25.3 Å². The van der Waals surface area contributed by atoms with Gasteiger partial charge in [0.1, 0.15) is 5.75 Å². The van der Waals surface area contributed by atoms with Crippen LogP contribution in [0.15, 0.2) is 23.1 Å². The Labute approximate surface area is 98.2 Å². The lowest BCUT2D eigenvalue weighted by Crippen LogP contribution is -2.07. The van der Waals surface area contributed by atoms with Crippen LogP contribution >= 0.6 is 0 Å². The highest BCUT2D eigenvalue weighted by molar-refractivity contribution is 7.85. The van der Waals surface area contributed by atoms with Crippen molar-refractivity contribution in [3.05, 3.63) is 18.2 Å². The summed E-state index contributed by atoms with van der Waals surface area (Å²) in [6, 6.07) is 5.21. The predicted octanol–water partition coefficient (Wildman–Crippen LogP) is 1.42. The molecule has 1 unspecified atom stereocenters. The molecule has 4 nitrogen and oxygen atoms in total. The lowest BCUT2D eigenvalue weighted by atomic mass is 10.3. The summed E-state index contributed by atoms with van der Waals surface area (Å²) in [6.07, 6.45) is 0. The van der Waals surface area contributed by atoms with Crippen LogP contribution in [0.5, 0.6) is 5.75 Å². The van der Waals surface area contributed by atoms with Gasteiger partial charge in [-0.25, -0.2) is 0 Å². The largest absolute Gasteiger partial charge is 0.494 e. The topological polar surface area (TPSA) is 61.5 Å². The summed E-state index contributed by atoms with van der Waals surface area (Å²) >= 11 is 0. The molecule has 0 aliphatic heterocycles. The summed E-state index contributed by atoms with van der Waals surface area (Å²) in [5, 5.41) is 0. The van der Waals surface area contributed by atoms with E-state index in [0.717, 1.165) is 0 Å². The molecule has 5 heteroatoms. The van der Waals surface area contributed by atoms with Gasteiger partial charge in [0.2, 0.25) is 0 Å². The Kier molecular flexibility index (Phi) is 5.28. The van der Waals surface area contributed by atoms with Crippen molar-refractivity contribution in [3.63, 3.8) is 0 Å². The van der Waals surface area contributed by atoms with E-state index < -0.39 is 10.8 Å². The normalized spacial score (nSPS) is 12.4. The maximum atomic E-state index is 11.9. The van der Waals surface area contributed by atoms with Crippen LogP contribution in [0.2, 0.25) is 0 Å². The van der Waals surface area contributed by atoms with Crippen LogP contribution in [0.1, 0.15) is 6.92 Å². The Bertz CT molecular complexity index is 368. The molecule has 1 aromatic carbocycles. The first kappa shape index (κ1) is 13.0. The fourth-order valence-corrected chi connectivity index (χ4v) is 2.35. The minimum Gasteiger partial charge on any atom is -0.494 e. The molecule has 0 saturated heterocycles. The van der Waals surface area contributed by atoms with E-state index in [-0.39, 0.29) is 0 Å². The number of hydrogen-bond donors (Lipinski definition) is 1. The lowest BCUT2D eigenvalue weighted by Gasteiger charge is -2.08. The highest BCUT2D eigenvalue weighted by Gasteiger charge is 2.09. The standard InChI is InChI=1S/C11H17NO3S/c1-3-15-9-4-5-10(12)11(8-9)16(13)7-6-14-2/h4-5,8H,3,6-7,12H2,1-2H3. The number of nitrogen functional groups attached to an aromatic ring is 1. The van der Waals surface area contributed by atoms with Gasteiger partial charge in [-0.2, -0.15) is 0 Å². The van der Waals surface area contributed by atoms with Crippen molar-refractivity contribution in [1.82, 2.24) is 0 Å². The molecule has 0 radical (unpaired) electrons. The third-order valence-electron chi connectivity index (χ3n) is 2.01. The predicted molar refractivity (Wildman–Crippen MR) is 65.2 cm³/mol. The van der Waals surface area contributed by atoms with E-state index >= 15 is 0 Å². The van der Waals surface area contributed by atoms with Gasteiger partial charge >= 0.3 is 0 Å². The number of ether oxygens (including phenoxy) is 2. The molecular weight excluding hydrogens is 226 g/mol. The van der Waals surface area contributed by atoms with Crippen LogP contribution in [-0.4, -0.2) is 30.3 Å². The zero-order chi connectivity index (χ0) is 12.0. The van der Waals surface area contributed by atoms with E-state index in [0.29, 0.717) is 35.3 Å². The molecule has 1 rings (SSSR count). The molecule has 0 aromatic heterocycles. The number of rotatable bonds is 6. The zero-order valence-electron chi connectivity index (χ0n) is 9.56. The summed E-state index contributed by atoms with van der Waals surface area (Å²) < 4.78 is 22.1. The molecule has 16 heavy (non-hydrogen) atoms. The van der Waals surface area contributed by atoms with Crippen LogP contribution in [0.4, 0.5) is 5.69 Å². The first-order valence-corrected chi connectivity index (χ1v) is 6.40. The summed E-state index contributed by atoms with van der Waals surface area (Å²) in [5.74, 6) is 1.13. The van der Waals surface area contributed by atoms with Gasteiger partial charge in [0, 0.05) is 12.8 Å². The SMILES string of the molecule is CCOc1ccc(N)c(S(=O)CCOC)c1. The molecule has 0 saturated carbocycles. The highest BCUT2D eigenvalue weighted by atomic mass is 32.2. The average Bonchev–Trinajstić information content (AvgIpc) is 2.29. The smallest absolute Gasteiger partial charge is 0.120 e. The van der Waals surface area contributed by atoms with E-state index in [1.807, 2.05) is 6.92 Å². The van der Waals surface area contributed by atoms with E-state index in [1.165, 1.54) is 0 Å². The van der Waals surface area contributed by atoms with Gasteiger partial charge < -0.3 is 15.2 Å². The summed E-state index contributed by atoms with van der Waals surface area (Å²) in [7, 11) is 0.442. The third-order valence-corrected chi connectivity index (χ3v) is 3.40. The zero-order valence-corrected chi connectivity index (χ0v) is 10.4. The maximum absolute atomic E-state index is 11.9. The van der Waals surface area contributed by atoms with Crippen LogP contribution < -0.4 is 10.5 Å². The van der Waals surface area contributed by atoms with Crippen molar-refractivity contribution in [3.8, 4) is 5.75 Å². The minimum absolute atomic E-state index is 0.441. The Morgan fingerprint density at radius 1 is 1.44 bits per heavy atom. The molecule has 0 heterocycles. The van der Waals surface area contributed by atoms with Crippen LogP contribution in [0, 0.1) is 0 Å². The molecule has 0 aliphatic rings. The second-order valence-corrected chi connectivity index (χ2v) is 4.71. The van der Waals surface area contributed by atoms with Crippen molar-refractivity contribution >= 4 is 16.5 Å². The van der Waals surface area contributed by atoms with Crippen LogP contribution in [-0.2, 0) is 15.5 Å². The third kappa shape index (κ3) is 3.50. The van der Waals surface area contributed by atoms with E-state index in [4.69, 9.17) is 15.2 Å². The van der Waals surface area contributed by atoms with Gasteiger partial charge in [-0.1, -0.05) is 0 Å². The quantitative estimate of drug-likeness (QED) is 0.768. The Hall–Kier alpha value is -1.07. The molecule has 0 aliphatic carbocycles. The Morgan fingerprint density at radius 3 is 2.81 bits per heavy atom. The average molecular weight is 243 g/mol. The molecule has 1 atom stereocenters. The van der Waals surface area contributed by atoms with Crippen molar-refractivity contribution in [2.45, 2.75) is 11.8 Å². The van der Waals surface area contributed by atoms with Crippen molar-refractivity contribution in [2.24, 2.45) is 0 Å². The second-order valence-electron chi connectivity index (χ2n) is 3.18.